The SMILES string of the molecule is CNC1CCC2(CC1Sc1ccccc1)OCCO2. The topological polar surface area (TPSA) is 30.5 Å². The molecular weight excluding hydrogens is 258 g/mol. The van der Waals surface area contributed by atoms with Crippen LogP contribution in [0.5, 0.6) is 0 Å². The Kier molecular flexibility index (Phi) is 4.12. The van der Waals surface area contributed by atoms with E-state index in [1.165, 1.54) is 4.90 Å². The third-order valence-electron chi connectivity index (χ3n) is 4.01. The lowest BCUT2D eigenvalue weighted by atomic mass is 9.89. The zero-order chi connectivity index (χ0) is 13.1. The molecule has 2 fully saturated rings. The van der Waals surface area contributed by atoms with E-state index in [1.54, 1.807) is 0 Å². The molecule has 1 aliphatic carbocycles. The fourth-order valence-corrected chi connectivity index (χ4v) is 4.44. The molecular formula is C15H21NO2S. The van der Waals surface area contributed by atoms with Crippen LogP contribution in [0.2, 0.25) is 0 Å². The Bertz CT molecular complexity index is 406. The molecule has 19 heavy (non-hydrogen) atoms. The second-order valence-electron chi connectivity index (χ2n) is 5.21. The molecule has 1 aromatic rings. The summed E-state index contributed by atoms with van der Waals surface area (Å²) >= 11 is 1.94. The van der Waals surface area contributed by atoms with Crippen LogP contribution < -0.4 is 5.32 Å². The Hall–Kier alpha value is -0.550. The van der Waals surface area contributed by atoms with Gasteiger partial charge in [0.1, 0.15) is 0 Å². The van der Waals surface area contributed by atoms with E-state index in [2.05, 4.69) is 42.7 Å². The first-order valence-corrected chi connectivity index (χ1v) is 7.86. The molecule has 0 amide bonds. The minimum absolute atomic E-state index is 0.306. The summed E-state index contributed by atoms with van der Waals surface area (Å²) in [7, 11) is 2.05. The van der Waals surface area contributed by atoms with Crippen LogP contribution in [-0.4, -0.2) is 37.3 Å². The van der Waals surface area contributed by atoms with Gasteiger partial charge in [-0.2, -0.15) is 0 Å². The van der Waals surface area contributed by atoms with Crippen LogP contribution in [0.1, 0.15) is 19.3 Å². The first-order chi connectivity index (χ1) is 9.31. The van der Waals surface area contributed by atoms with Gasteiger partial charge in [0.2, 0.25) is 0 Å². The third kappa shape index (κ3) is 2.97. The van der Waals surface area contributed by atoms with Gasteiger partial charge >= 0.3 is 0 Å². The van der Waals surface area contributed by atoms with Crippen molar-refractivity contribution in [2.45, 2.75) is 41.2 Å². The first-order valence-electron chi connectivity index (χ1n) is 6.98. The fraction of sp³-hybridized carbons (Fsp3) is 0.600. The lowest BCUT2D eigenvalue weighted by Crippen LogP contribution is -2.48. The van der Waals surface area contributed by atoms with E-state index in [0.29, 0.717) is 11.3 Å². The smallest absolute Gasteiger partial charge is 0.169 e. The van der Waals surface area contributed by atoms with Crippen molar-refractivity contribution in [1.82, 2.24) is 5.32 Å². The summed E-state index contributed by atoms with van der Waals surface area (Å²) in [5.74, 6) is -0.306. The summed E-state index contributed by atoms with van der Waals surface area (Å²) in [5.41, 5.74) is 0. The fourth-order valence-electron chi connectivity index (χ4n) is 3.00. The highest BCUT2D eigenvalue weighted by Gasteiger charge is 2.45. The predicted octanol–water partition coefficient (Wildman–Crippen LogP) is 2.66. The van der Waals surface area contributed by atoms with Crippen molar-refractivity contribution in [3.63, 3.8) is 0 Å². The Morgan fingerprint density at radius 3 is 2.63 bits per heavy atom. The molecule has 0 radical (unpaired) electrons. The quantitative estimate of drug-likeness (QED) is 0.921. The van der Waals surface area contributed by atoms with Gasteiger partial charge in [-0.15, -0.1) is 11.8 Å². The van der Waals surface area contributed by atoms with E-state index in [4.69, 9.17) is 9.47 Å². The molecule has 1 N–H and O–H groups in total. The zero-order valence-electron chi connectivity index (χ0n) is 11.3. The highest BCUT2D eigenvalue weighted by molar-refractivity contribution is 8.00. The summed E-state index contributed by atoms with van der Waals surface area (Å²) in [6.45, 7) is 1.49. The van der Waals surface area contributed by atoms with E-state index in [-0.39, 0.29) is 5.79 Å². The monoisotopic (exact) mass is 279 g/mol. The number of hydrogen-bond donors (Lipinski definition) is 1. The molecule has 1 heterocycles. The third-order valence-corrected chi connectivity index (χ3v) is 5.35. The summed E-state index contributed by atoms with van der Waals surface area (Å²) < 4.78 is 11.8. The molecule has 2 unspecified atom stereocenters. The first kappa shape index (κ1) is 13.4. The zero-order valence-corrected chi connectivity index (χ0v) is 12.1. The summed E-state index contributed by atoms with van der Waals surface area (Å²) in [5, 5.41) is 3.95. The molecule has 1 aromatic carbocycles. The van der Waals surface area contributed by atoms with Crippen LogP contribution in [0.4, 0.5) is 0 Å². The molecule has 0 bridgehead atoms. The van der Waals surface area contributed by atoms with Crippen LogP contribution in [0.3, 0.4) is 0 Å². The minimum atomic E-state index is -0.306. The van der Waals surface area contributed by atoms with Gasteiger partial charge in [0.05, 0.1) is 13.2 Å². The molecule has 1 saturated heterocycles. The molecule has 1 saturated carbocycles. The Morgan fingerprint density at radius 2 is 1.95 bits per heavy atom. The summed E-state index contributed by atoms with van der Waals surface area (Å²) in [6, 6.07) is 11.1. The van der Waals surface area contributed by atoms with Crippen LogP contribution >= 0.6 is 11.8 Å². The maximum atomic E-state index is 5.88. The van der Waals surface area contributed by atoms with Crippen LogP contribution in [-0.2, 0) is 9.47 Å². The summed E-state index contributed by atoms with van der Waals surface area (Å²) in [6.07, 6.45) is 3.09. The average molecular weight is 279 g/mol. The molecule has 3 nitrogen and oxygen atoms in total. The van der Waals surface area contributed by atoms with Gasteiger partial charge in [-0.3, -0.25) is 0 Å². The number of thioether (sulfide) groups is 1. The van der Waals surface area contributed by atoms with Crippen molar-refractivity contribution in [2.24, 2.45) is 0 Å². The second-order valence-corrected chi connectivity index (χ2v) is 6.53. The number of hydrogen-bond acceptors (Lipinski definition) is 4. The van der Waals surface area contributed by atoms with Gasteiger partial charge in [0.15, 0.2) is 5.79 Å². The predicted molar refractivity (Wildman–Crippen MR) is 77.4 cm³/mol. The van der Waals surface area contributed by atoms with E-state index in [0.717, 1.165) is 32.5 Å². The van der Waals surface area contributed by atoms with Crippen LogP contribution in [0, 0.1) is 0 Å². The van der Waals surface area contributed by atoms with E-state index in [9.17, 15) is 0 Å². The maximum absolute atomic E-state index is 5.88. The highest BCUT2D eigenvalue weighted by atomic mass is 32.2. The van der Waals surface area contributed by atoms with Crippen molar-refractivity contribution in [2.75, 3.05) is 20.3 Å². The molecule has 2 atom stereocenters. The van der Waals surface area contributed by atoms with Crippen molar-refractivity contribution in [1.29, 1.82) is 0 Å². The van der Waals surface area contributed by atoms with E-state index in [1.807, 2.05) is 11.8 Å². The molecule has 3 rings (SSSR count). The Morgan fingerprint density at radius 1 is 1.21 bits per heavy atom. The normalized spacial score (nSPS) is 29.7. The number of ether oxygens (including phenoxy) is 2. The van der Waals surface area contributed by atoms with E-state index >= 15 is 0 Å². The van der Waals surface area contributed by atoms with Crippen molar-refractivity contribution in [3.8, 4) is 0 Å². The molecule has 1 aliphatic heterocycles. The number of nitrogens with one attached hydrogen (secondary N) is 1. The lowest BCUT2D eigenvalue weighted by Gasteiger charge is -2.40. The Labute approximate surface area is 119 Å². The molecule has 1 spiro atoms. The van der Waals surface area contributed by atoms with Gasteiger partial charge in [-0.1, -0.05) is 18.2 Å². The molecule has 104 valence electrons. The highest BCUT2D eigenvalue weighted by Crippen LogP contribution is 2.42. The van der Waals surface area contributed by atoms with Gasteiger partial charge in [0.25, 0.3) is 0 Å². The minimum Gasteiger partial charge on any atom is -0.347 e. The van der Waals surface area contributed by atoms with Crippen molar-refractivity contribution in [3.05, 3.63) is 30.3 Å². The molecule has 0 aromatic heterocycles. The second kappa shape index (κ2) is 5.83. The van der Waals surface area contributed by atoms with E-state index < -0.39 is 0 Å². The number of rotatable bonds is 3. The van der Waals surface area contributed by atoms with Gasteiger partial charge in [0, 0.05) is 29.0 Å². The maximum Gasteiger partial charge on any atom is 0.169 e. The van der Waals surface area contributed by atoms with Gasteiger partial charge in [-0.25, -0.2) is 0 Å². The van der Waals surface area contributed by atoms with Crippen molar-refractivity contribution >= 4 is 11.8 Å². The Balaban J connectivity index is 1.72. The lowest BCUT2D eigenvalue weighted by molar-refractivity contribution is -0.177. The van der Waals surface area contributed by atoms with Crippen molar-refractivity contribution < 1.29 is 9.47 Å². The molecule has 2 aliphatic rings. The molecule has 4 heteroatoms. The summed E-state index contributed by atoms with van der Waals surface area (Å²) in [4.78, 5) is 1.32. The van der Waals surface area contributed by atoms with Gasteiger partial charge < -0.3 is 14.8 Å². The standard InChI is InChI=1S/C15H21NO2S/c1-16-13-7-8-15(17-9-10-18-15)11-14(13)19-12-5-3-2-4-6-12/h2-6,13-14,16H,7-11H2,1H3. The average Bonchev–Trinajstić information content (AvgIpc) is 2.88. The van der Waals surface area contributed by atoms with Gasteiger partial charge in [-0.05, 0) is 25.6 Å². The largest absolute Gasteiger partial charge is 0.347 e. The van der Waals surface area contributed by atoms with Crippen LogP contribution in [0.15, 0.2) is 35.2 Å². The van der Waals surface area contributed by atoms with Crippen LogP contribution in [0.25, 0.3) is 0 Å². The number of benzene rings is 1.